The second-order valence-corrected chi connectivity index (χ2v) is 11.2. The van der Waals surface area contributed by atoms with Crippen LogP contribution in [0.3, 0.4) is 0 Å². The lowest BCUT2D eigenvalue weighted by Crippen LogP contribution is -2.59. The molecule has 0 spiro atoms. The summed E-state index contributed by atoms with van der Waals surface area (Å²) in [6.45, 7) is -0.689. The van der Waals surface area contributed by atoms with Crippen LogP contribution >= 0.6 is 23.8 Å². The lowest BCUT2D eigenvalue weighted by atomic mass is 10.1. The van der Waals surface area contributed by atoms with Crippen molar-refractivity contribution in [3.05, 3.63) is 0 Å². The van der Waals surface area contributed by atoms with E-state index < -0.39 is 67.3 Å². The topological polar surface area (TPSA) is 278 Å². The minimum Gasteiger partial charge on any atom is -0.387 e. The van der Waals surface area contributed by atoms with Gasteiger partial charge in [0.1, 0.15) is 30.7 Å². The van der Waals surface area contributed by atoms with Gasteiger partial charge in [0, 0.05) is 0 Å². The van der Waals surface area contributed by atoms with Gasteiger partial charge in [0.15, 0.2) is 0 Å². The first-order valence-electron chi connectivity index (χ1n) is 8.53. The Balaban J connectivity index is 1.59. The molecule has 180 valence electrons. The molecule has 18 nitrogen and oxygen atoms in total. The molecule has 0 aromatic carbocycles. The standard InChI is InChI=1S/C10H22N5O13P3/c11-8-5-9(13-2-12-8)15(3-14-5)10-7(17)6(16)4(26-10)1-25-30(21,22)28-31(23,24)27-29(18,19)20/h2,4-10,14,16-17,23-24H,1,3,11H2,(H3-,12,13,18,19,20,21,22)/p+1/t4-,5?,6-,7-,8?,9?,10-/m1/s1. The normalized spacial score (nSPS) is 38.6. The van der Waals surface area contributed by atoms with E-state index in [1.807, 2.05) is 0 Å². The van der Waals surface area contributed by atoms with Crippen LogP contribution < -0.4 is 16.4 Å². The quantitative estimate of drug-likeness (QED) is 0.137. The average Bonchev–Trinajstić information content (AvgIpc) is 3.13. The van der Waals surface area contributed by atoms with Crippen LogP contribution in [0.25, 0.3) is 0 Å². The summed E-state index contributed by atoms with van der Waals surface area (Å²) in [5, 5.41) is 26.4. The van der Waals surface area contributed by atoms with Gasteiger partial charge in [-0.1, -0.05) is 0 Å². The number of aliphatic hydroxyl groups excluding tert-OH is 2. The summed E-state index contributed by atoms with van der Waals surface area (Å²) >= 11 is 0. The summed E-state index contributed by atoms with van der Waals surface area (Å²) in [6.07, 6.45) is -5.14. The first-order valence-corrected chi connectivity index (χ1v) is 13.1. The van der Waals surface area contributed by atoms with Crippen molar-refractivity contribution in [2.45, 2.75) is 42.9 Å². The van der Waals surface area contributed by atoms with Crippen LogP contribution in [0.5, 0.6) is 0 Å². The monoisotopic (exact) mass is 514 g/mol. The molecule has 0 amide bonds. The van der Waals surface area contributed by atoms with Gasteiger partial charge in [-0.2, -0.15) is 9.79 Å². The Morgan fingerprint density at radius 2 is 1.90 bits per heavy atom. The molecule has 0 aromatic heterocycles. The van der Waals surface area contributed by atoms with Crippen LogP contribution in [0.1, 0.15) is 0 Å². The number of nitrogens with one attached hydrogen (secondary N) is 2. The van der Waals surface area contributed by atoms with E-state index in [0.29, 0.717) is 0 Å². The van der Waals surface area contributed by atoms with E-state index in [0.717, 1.165) is 0 Å². The third-order valence-corrected chi connectivity index (χ3v) is 8.39. The largest absolute Gasteiger partial charge is 0.591 e. The number of rotatable bonds is 8. The minimum absolute atomic E-state index is 0.188. The van der Waals surface area contributed by atoms with E-state index in [1.54, 1.807) is 4.90 Å². The molecule has 0 aliphatic carbocycles. The average molecular weight is 514 g/mol. The van der Waals surface area contributed by atoms with Crippen molar-refractivity contribution in [3.8, 4) is 0 Å². The summed E-state index contributed by atoms with van der Waals surface area (Å²) in [5.41, 5.74) is 5.92. The predicted octanol–water partition coefficient (Wildman–Crippen LogP) is -4.19. The zero-order valence-electron chi connectivity index (χ0n) is 15.4. The molecule has 3 heterocycles. The maximum absolute atomic E-state index is 11.8. The molecular weight excluding hydrogens is 491 g/mol. The molecule has 2 fully saturated rings. The van der Waals surface area contributed by atoms with E-state index in [1.165, 1.54) is 6.34 Å². The van der Waals surface area contributed by atoms with Gasteiger partial charge in [0.2, 0.25) is 0 Å². The SMILES string of the molecule is NC1NC=NC2C1NCN2[C@@H]1O[C@H](COP(=O)(O)O[P+](O)(O)OP(=O)(O)O)[C@@H](O)[C@H]1O. The number of aliphatic hydroxyl groups is 2. The molecule has 3 rings (SSSR count). The molecule has 8 atom stereocenters. The Bertz CT molecular complexity index is 783. The number of hydrogen-bond acceptors (Lipinski definition) is 15. The highest BCUT2D eigenvalue weighted by Crippen LogP contribution is 2.71. The maximum Gasteiger partial charge on any atom is 0.591 e. The maximum atomic E-state index is 11.8. The molecule has 0 radical (unpaired) electrons. The smallest absolute Gasteiger partial charge is 0.387 e. The first kappa shape index (κ1) is 25.4. The van der Waals surface area contributed by atoms with Crippen LogP contribution in [0.15, 0.2) is 4.99 Å². The number of fused-ring (bicyclic) bond motifs is 1. The highest BCUT2D eigenvalue weighted by atomic mass is 31.3. The van der Waals surface area contributed by atoms with Gasteiger partial charge in [-0.05, 0) is 8.62 Å². The second kappa shape index (κ2) is 9.21. The molecule has 21 heteroatoms. The highest BCUT2D eigenvalue weighted by molar-refractivity contribution is 7.70. The van der Waals surface area contributed by atoms with Crippen LogP contribution in [0.2, 0.25) is 0 Å². The van der Waals surface area contributed by atoms with Gasteiger partial charge in [-0.15, -0.1) is 0 Å². The molecule has 2 saturated heterocycles. The van der Waals surface area contributed by atoms with Crippen molar-refractivity contribution in [2.75, 3.05) is 13.3 Å². The third kappa shape index (κ3) is 6.23. The summed E-state index contributed by atoms with van der Waals surface area (Å²) in [4.78, 5) is 50.9. The first-order chi connectivity index (χ1) is 14.2. The van der Waals surface area contributed by atoms with Crippen molar-refractivity contribution in [3.63, 3.8) is 0 Å². The number of aliphatic imine (C=N–C) groups is 1. The summed E-state index contributed by atoms with van der Waals surface area (Å²) < 4.78 is 39.9. The summed E-state index contributed by atoms with van der Waals surface area (Å²) in [7, 11) is -16.2. The number of nitrogens with zero attached hydrogens (tertiary/aromatic N) is 2. The summed E-state index contributed by atoms with van der Waals surface area (Å²) in [6, 6.07) is -0.320. The minimum atomic E-state index is -5.47. The van der Waals surface area contributed by atoms with E-state index in [2.05, 4.69) is 28.8 Å². The van der Waals surface area contributed by atoms with Crippen molar-refractivity contribution in [1.29, 1.82) is 0 Å². The Hall–Kier alpha value is -0.200. The van der Waals surface area contributed by atoms with Crippen molar-refractivity contribution < 1.29 is 61.7 Å². The van der Waals surface area contributed by atoms with Crippen LogP contribution in [0, 0.1) is 0 Å². The molecule has 3 aliphatic rings. The number of ether oxygens (including phenoxy) is 1. The Labute approximate surface area is 175 Å². The number of phosphoric acid groups is 2. The molecule has 3 aliphatic heterocycles. The van der Waals surface area contributed by atoms with Crippen LogP contribution in [-0.2, 0) is 27.0 Å². The molecule has 11 N–H and O–H groups in total. The molecule has 4 unspecified atom stereocenters. The van der Waals surface area contributed by atoms with E-state index in [9.17, 15) is 34.0 Å². The molecule has 0 saturated carbocycles. The molecule has 0 bridgehead atoms. The predicted molar refractivity (Wildman–Crippen MR) is 99.0 cm³/mol. The van der Waals surface area contributed by atoms with Gasteiger partial charge in [-0.3, -0.25) is 14.8 Å². The van der Waals surface area contributed by atoms with Crippen LogP contribution in [0.4, 0.5) is 0 Å². The fourth-order valence-corrected chi connectivity index (χ4v) is 6.37. The fraction of sp³-hybridized carbons (Fsp3) is 0.900. The van der Waals surface area contributed by atoms with E-state index >= 15 is 0 Å². The van der Waals surface area contributed by atoms with Gasteiger partial charge in [0.25, 0.3) is 0 Å². The number of phosphoric ester groups is 1. The summed E-state index contributed by atoms with van der Waals surface area (Å²) in [5.74, 6) is 0. The Kier molecular flexibility index (Phi) is 7.55. The Morgan fingerprint density at radius 3 is 2.55 bits per heavy atom. The zero-order valence-corrected chi connectivity index (χ0v) is 18.1. The molecular formula is C10H23N5O13P3+. The van der Waals surface area contributed by atoms with E-state index in [4.69, 9.17) is 20.3 Å². The molecule has 31 heavy (non-hydrogen) atoms. The van der Waals surface area contributed by atoms with Gasteiger partial charge >= 0.3 is 23.8 Å². The van der Waals surface area contributed by atoms with E-state index in [-0.39, 0.29) is 12.7 Å². The van der Waals surface area contributed by atoms with Gasteiger partial charge < -0.3 is 40.7 Å². The van der Waals surface area contributed by atoms with Gasteiger partial charge in [0.05, 0.1) is 31.8 Å². The van der Waals surface area contributed by atoms with Crippen molar-refractivity contribution in [2.24, 2.45) is 10.7 Å². The lowest BCUT2D eigenvalue weighted by Gasteiger charge is -2.33. The number of hydrogen-bond donors (Lipinski definition) is 10. The third-order valence-electron chi connectivity index (χ3n) is 4.54. The van der Waals surface area contributed by atoms with Crippen LogP contribution in [-0.4, -0.2) is 102 Å². The molecule has 0 aromatic rings. The van der Waals surface area contributed by atoms with Gasteiger partial charge in [-0.25, -0.2) is 14.0 Å². The number of nitrogens with two attached hydrogens (primary N) is 1. The fourth-order valence-electron chi connectivity index (χ4n) is 3.28. The second-order valence-electron chi connectivity index (χ2n) is 6.74. The zero-order chi connectivity index (χ0) is 23.2. The Morgan fingerprint density at radius 1 is 1.23 bits per heavy atom. The van der Waals surface area contributed by atoms with Crippen molar-refractivity contribution >= 4 is 30.2 Å². The lowest BCUT2D eigenvalue weighted by molar-refractivity contribution is -0.102. The highest BCUT2D eigenvalue weighted by Gasteiger charge is 2.56. The van der Waals surface area contributed by atoms with Crippen molar-refractivity contribution in [1.82, 2.24) is 15.5 Å².